The summed E-state index contributed by atoms with van der Waals surface area (Å²) in [6.07, 6.45) is 1.73. The van der Waals surface area contributed by atoms with Crippen LogP contribution in [0.4, 0.5) is 0 Å². The summed E-state index contributed by atoms with van der Waals surface area (Å²) in [5.74, 6) is 0.0784. The minimum absolute atomic E-state index is 0.0784. The molecule has 1 fully saturated rings. The summed E-state index contributed by atoms with van der Waals surface area (Å²) in [7, 11) is 1.71. The third-order valence-corrected chi connectivity index (χ3v) is 3.18. The minimum Gasteiger partial charge on any atom is -0.377 e. The van der Waals surface area contributed by atoms with Gasteiger partial charge in [0.2, 0.25) is 5.91 Å². The predicted octanol–water partition coefficient (Wildman–Crippen LogP) is 1.07. The SMILES string of the molecule is CCOC1CC(NCCC(=O)NC(C)(C)C)C1OC. The Morgan fingerprint density at radius 1 is 1.37 bits per heavy atom. The molecule has 1 aliphatic carbocycles. The smallest absolute Gasteiger partial charge is 0.221 e. The Morgan fingerprint density at radius 2 is 2.05 bits per heavy atom. The zero-order chi connectivity index (χ0) is 14.5. The van der Waals surface area contributed by atoms with E-state index in [0.717, 1.165) is 6.42 Å². The second-order valence-electron chi connectivity index (χ2n) is 6.04. The first-order chi connectivity index (χ1) is 8.87. The van der Waals surface area contributed by atoms with Gasteiger partial charge < -0.3 is 20.1 Å². The van der Waals surface area contributed by atoms with Crippen LogP contribution in [0.3, 0.4) is 0 Å². The molecular weight excluding hydrogens is 244 g/mol. The number of hydrogen-bond donors (Lipinski definition) is 2. The van der Waals surface area contributed by atoms with E-state index in [1.165, 1.54) is 0 Å². The van der Waals surface area contributed by atoms with Gasteiger partial charge in [-0.2, -0.15) is 0 Å². The van der Waals surface area contributed by atoms with Crippen LogP contribution in [0.5, 0.6) is 0 Å². The highest BCUT2D eigenvalue weighted by atomic mass is 16.5. The summed E-state index contributed by atoms with van der Waals surface area (Å²) >= 11 is 0. The number of amides is 1. The molecule has 3 atom stereocenters. The van der Waals surface area contributed by atoms with Crippen LogP contribution < -0.4 is 10.6 Å². The fourth-order valence-electron chi connectivity index (χ4n) is 2.33. The van der Waals surface area contributed by atoms with Gasteiger partial charge in [0.25, 0.3) is 0 Å². The van der Waals surface area contributed by atoms with Crippen molar-refractivity contribution in [1.29, 1.82) is 0 Å². The molecule has 5 nitrogen and oxygen atoms in total. The molecule has 0 radical (unpaired) electrons. The molecule has 5 heteroatoms. The zero-order valence-electron chi connectivity index (χ0n) is 12.8. The molecule has 0 saturated heterocycles. The summed E-state index contributed by atoms with van der Waals surface area (Å²) in [6, 6.07) is 0.295. The Morgan fingerprint density at radius 3 is 2.58 bits per heavy atom. The van der Waals surface area contributed by atoms with E-state index in [1.807, 2.05) is 27.7 Å². The molecule has 3 unspecified atom stereocenters. The van der Waals surface area contributed by atoms with Gasteiger partial charge in [0.1, 0.15) is 0 Å². The first kappa shape index (κ1) is 16.4. The molecular formula is C14H28N2O3. The van der Waals surface area contributed by atoms with Crippen molar-refractivity contribution in [3.63, 3.8) is 0 Å². The molecule has 0 bridgehead atoms. The Kier molecular flexibility index (Phi) is 6.23. The lowest BCUT2D eigenvalue weighted by molar-refractivity contribution is -0.132. The number of carbonyl (C=O) groups excluding carboxylic acids is 1. The van der Waals surface area contributed by atoms with Gasteiger partial charge in [-0.05, 0) is 34.1 Å². The number of ether oxygens (including phenoxy) is 2. The molecule has 0 aromatic carbocycles. The van der Waals surface area contributed by atoms with Crippen LogP contribution in [0.1, 0.15) is 40.5 Å². The molecule has 112 valence electrons. The quantitative estimate of drug-likeness (QED) is 0.728. The Balaban J connectivity index is 2.18. The van der Waals surface area contributed by atoms with E-state index < -0.39 is 0 Å². The molecule has 1 amide bonds. The van der Waals surface area contributed by atoms with Gasteiger partial charge >= 0.3 is 0 Å². The first-order valence-electron chi connectivity index (χ1n) is 7.06. The average Bonchev–Trinajstić information content (AvgIpc) is 2.24. The van der Waals surface area contributed by atoms with E-state index in [-0.39, 0.29) is 23.7 Å². The van der Waals surface area contributed by atoms with Gasteiger partial charge in [-0.25, -0.2) is 0 Å². The van der Waals surface area contributed by atoms with Gasteiger partial charge in [0.15, 0.2) is 0 Å². The van der Waals surface area contributed by atoms with Crippen molar-refractivity contribution in [1.82, 2.24) is 10.6 Å². The van der Waals surface area contributed by atoms with Crippen molar-refractivity contribution >= 4 is 5.91 Å². The summed E-state index contributed by atoms with van der Waals surface area (Å²) in [5, 5.41) is 6.31. The lowest BCUT2D eigenvalue weighted by Crippen LogP contribution is -2.60. The lowest BCUT2D eigenvalue weighted by Gasteiger charge is -2.43. The second-order valence-corrected chi connectivity index (χ2v) is 6.04. The van der Waals surface area contributed by atoms with Gasteiger partial charge in [0, 0.05) is 38.3 Å². The van der Waals surface area contributed by atoms with E-state index in [4.69, 9.17) is 9.47 Å². The van der Waals surface area contributed by atoms with Gasteiger partial charge in [0.05, 0.1) is 12.2 Å². The summed E-state index contributed by atoms with van der Waals surface area (Å²) in [6.45, 7) is 9.33. The second kappa shape index (κ2) is 7.22. The third kappa shape index (κ3) is 5.47. The number of methoxy groups -OCH3 is 1. The molecule has 0 aliphatic heterocycles. The molecule has 0 heterocycles. The Bertz CT molecular complexity index is 289. The van der Waals surface area contributed by atoms with Crippen LogP contribution in [-0.4, -0.2) is 50.0 Å². The number of carbonyl (C=O) groups is 1. The fourth-order valence-corrected chi connectivity index (χ4v) is 2.33. The number of hydrogen-bond acceptors (Lipinski definition) is 4. The van der Waals surface area contributed by atoms with Crippen molar-refractivity contribution in [3.8, 4) is 0 Å². The molecule has 0 aromatic heterocycles. The van der Waals surface area contributed by atoms with E-state index in [1.54, 1.807) is 7.11 Å². The standard InChI is InChI=1S/C14H28N2O3/c1-6-19-11-9-10(13(11)18-5)15-8-7-12(17)16-14(2,3)4/h10-11,13,15H,6-9H2,1-5H3,(H,16,17). The van der Waals surface area contributed by atoms with Crippen LogP contribution >= 0.6 is 0 Å². The van der Waals surface area contributed by atoms with Crippen LogP contribution in [0, 0.1) is 0 Å². The maximum Gasteiger partial charge on any atom is 0.221 e. The molecule has 1 aliphatic rings. The molecule has 19 heavy (non-hydrogen) atoms. The van der Waals surface area contributed by atoms with Crippen molar-refractivity contribution in [2.75, 3.05) is 20.3 Å². The lowest BCUT2D eigenvalue weighted by atomic mass is 9.85. The minimum atomic E-state index is -0.164. The van der Waals surface area contributed by atoms with Crippen LogP contribution in [0.25, 0.3) is 0 Å². The summed E-state index contributed by atoms with van der Waals surface area (Å²) in [5.41, 5.74) is -0.164. The monoisotopic (exact) mass is 272 g/mol. The maximum absolute atomic E-state index is 11.7. The van der Waals surface area contributed by atoms with Crippen molar-refractivity contribution in [2.45, 2.75) is 64.3 Å². The van der Waals surface area contributed by atoms with Gasteiger partial charge in [-0.15, -0.1) is 0 Å². The molecule has 0 spiro atoms. The van der Waals surface area contributed by atoms with Crippen molar-refractivity contribution in [2.24, 2.45) is 0 Å². The van der Waals surface area contributed by atoms with Crippen LogP contribution in [-0.2, 0) is 14.3 Å². The Hall–Kier alpha value is -0.650. The Labute approximate surface area is 116 Å². The number of nitrogens with one attached hydrogen (secondary N) is 2. The van der Waals surface area contributed by atoms with Gasteiger partial charge in [-0.3, -0.25) is 4.79 Å². The predicted molar refractivity (Wildman–Crippen MR) is 75.1 cm³/mol. The molecule has 1 saturated carbocycles. The van der Waals surface area contributed by atoms with E-state index >= 15 is 0 Å². The van der Waals surface area contributed by atoms with Crippen LogP contribution in [0.15, 0.2) is 0 Å². The highest BCUT2D eigenvalue weighted by molar-refractivity contribution is 5.76. The fraction of sp³-hybridized carbons (Fsp3) is 0.929. The van der Waals surface area contributed by atoms with Gasteiger partial charge in [-0.1, -0.05) is 0 Å². The summed E-state index contributed by atoms with van der Waals surface area (Å²) in [4.78, 5) is 11.7. The van der Waals surface area contributed by atoms with Crippen molar-refractivity contribution in [3.05, 3.63) is 0 Å². The average molecular weight is 272 g/mol. The van der Waals surface area contributed by atoms with E-state index in [2.05, 4.69) is 10.6 Å². The first-order valence-corrected chi connectivity index (χ1v) is 7.06. The maximum atomic E-state index is 11.7. The van der Waals surface area contributed by atoms with Crippen molar-refractivity contribution < 1.29 is 14.3 Å². The summed E-state index contributed by atoms with van der Waals surface area (Å²) < 4.78 is 11.0. The molecule has 0 aromatic rings. The van der Waals surface area contributed by atoms with Crippen LogP contribution in [0.2, 0.25) is 0 Å². The number of rotatable bonds is 7. The zero-order valence-corrected chi connectivity index (χ0v) is 12.8. The van der Waals surface area contributed by atoms with E-state index in [9.17, 15) is 4.79 Å². The highest BCUT2D eigenvalue weighted by Crippen LogP contribution is 2.26. The third-order valence-electron chi connectivity index (χ3n) is 3.18. The molecule has 2 N–H and O–H groups in total. The normalized spacial score (nSPS) is 26.9. The topological polar surface area (TPSA) is 59.6 Å². The highest BCUT2D eigenvalue weighted by Gasteiger charge is 2.41. The van der Waals surface area contributed by atoms with E-state index in [0.29, 0.717) is 25.6 Å². The molecule has 1 rings (SSSR count). The largest absolute Gasteiger partial charge is 0.377 e.